The first-order valence-corrected chi connectivity index (χ1v) is 9.64. The molecule has 0 radical (unpaired) electrons. The number of rotatable bonds is 4. The fourth-order valence-electron chi connectivity index (χ4n) is 3.83. The van der Waals surface area contributed by atoms with E-state index < -0.39 is 0 Å². The second kappa shape index (κ2) is 7.95. The van der Waals surface area contributed by atoms with Crippen LogP contribution in [-0.4, -0.2) is 29.7 Å². The van der Waals surface area contributed by atoms with Crippen LogP contribution in [0.4, 0.5) is 14.9 Å². The molecular weight excluding hydrogens is 371 g/mol. The maximum Gasteiger partial charge on any atom is 0.315 e. The van der Waals surface area contributed by atoms with Crippen LogP contribution in [0.15, 0.2) is 59.4 Å². The topological polar surface area (TPSA) is 66.4 Å². The predicted molar refractivity (Wildman–Crippen MR) is 112 cm³/mol. The van der Waals surface area contributed by atoms with Crippen LogP contribution in [-0.2, 0) is 13.6 Å². The quantitative estimate of drug-likeness (QED) is 0.715. The number of hydrogen-bond donors (Lipinski definition) is 2. The van der Waals surface area contributed by atoms with Gasteiger partial charge in [-0.25, -0.2) is 9.18 Å². The summed E-state index contributed by atoms with van der Waals surface area (Å²) in [7, 11) is 1.73. The van der Waals surface area contributed by atoms with Crippen LogP contribution in [0.2, 0.25) is 0 Å². The molecule has 1 atom stereocenters. The highest BCUT2D eigenvalue weighted by Gasteiger charge is 2.25. The van der Waals surface area contributed by atoms with Crippen LogP contribution in [0, 0.1) is 5.82 Å². The lowest BCUT2D eigenvalue weighted by Gasteiger charge is -2.19. The lowest BCUT2D eigenvalue weighted by Crippen LogP contribution is -2.43. The molecule has 1 aliphatic rings. The highest BCUT2D eigenvalue weighted by molar-refractivity contribution is 5.80. The number of amides is 2. The van der Waals surface area contributed by atoms with Gasteiger partial charge in [-0.1, -0.05) is 30.3 Å². The number of aromatic nitrogens is 1. The maximum absolute atomic E-state index is 13.9. The summed E-state index contributed by atoms with van der Waals surface area (Å²) in [6, 6.07) is 15.7. The molecule has 1 aromatic heterocycles. The molecule has 0 spiro atoms. The van der Waals surface area contributed by atoms with Crippen LogP contribution in [0.5, 0.6) is 0 Å². The van der Waals surface area contributed by atoms with E-state index in [0.29, 0.717) is 24.3 Å². The first kappa shape index (κ1) is 19.0. The van der Waals surface area contributed by atoms with Gasteiger partial charge < -0.3 is 20.1 Å². The second-order valence-electron chi connectivity index (χ2n) is 7.30. The first-order chi connectivity index (χ1) is 14.0. The normalized spacial score (nSPS) is 16.2. The third-order valence-electron chi connectivity index (χ3n) is 5.36. The Kier molecular flexibility index (Phi) is 5.20. The SMILES string of the molecule is Cn1c(=O)c(CNC(=O)NC2CCN(c3ccccc3F)C2)cc2ccccc21. The zero-order valence-corrected chi connectivity index (χ0v) is 16.2. The van der Waals surface area contributed by atoms with Gasteiger partial charge in [0.1, 0.15) is 5.82 Å². The molecule has 1 fully saturated rings. The second-order valence-corrected chi connectivity index (χ2v) is 7.30. The molecule has 1 saturated heterocycles. The fourth-order valence-corrected chi connectivity index (χ4v) is 3.83. The van der Waals surface area contributed by atoms with E-state index in [4.69, 9.17) is 0 Å². The number of fused-ring (bicyclic) bond motifs is 1. The summed E-state index contributed by atoms with van der Waals surface area (Å²) in [5, 5.41) is 6.63. The standard InChI is InChI=1S/C22H23FN4O2/c1-26-19-8-4-2-6-15(19)12-16(21(26)28)13-24-22(29)25-17-10-11-27(14-17)20-9-5-3-7-18(20)23/h2-9,12,17H,10-11,13-14H2,1H3,(H2,24,25,29). The molecule has 0 saturated carbocycles. The Hall–Kier alpha value is -3.35. The third-order valence-corrected chi connectivity index (χ3v) is 5.36. The monoisotopic (exact) mass is 394 g/mol. The molecule has 1 unspecified atom stereocenters. The molecule has 2 aromatic carbocycles. The number of nitrogens with zero attached hydrogens (tertiary/aromatic N) is 2. The number of hydrogen-bond acceptors (Lipinski definition) is 3. The van der Waals surface area contributed by atoms with E-state index in [1.165, 1.54) is 6.07 Å². The Morgan fingerprint density at radius 1 is 1.17 bits per heavy atom. The Labute approximate surface area is 167 Å². The van der Waals surface area contributed by atoms with Gasteiger partial charge in [0, 0.05) is 38.3 Å². The number of halogens is 1. The lowest BCUT2D eigenvalue weighted by atomic mass is 10.1. The number of urea groups is 1. The largest absolute Gasteiger partial charge is 0.367 e. The molecule has 2 N–H and O–H groups in total. The molecule has 4 rings (SSSR count). The number of nitrogens with one attached hydrogen (secondary N) is 2. The fraction of sp³-hybridized carbons (Fsp3) is 0.273. The van der Waals surface area contributed by atoms with Gasteiger partial charge >= 0.3 is 6.03 Å². The van der Waals surface area contributed by atoms with Crippen LogP contribution >= 0.6 is 0 Å². The maximum atomic E-state index is 13.9. The number of carbonyl (C=O) groups is 1. The first-order valence-electron chi connectivity index (χ1n) is 9.64. The van der Waals surface area contributed by atoms with E-state index in [9.17, 15) is 14.0 Å². The molecule has 3 aromatic rings. The molecule has 0 aliphatic carbocycles. The van der Waals surface area contributed by atoms with E-state index in [1.807, 2.05) is 35.2 Å². The minimum absolute atomic E-state index is 0.0750. The summed E-state index contributed by atoms with van der Waals surface area (Å²) in [4.78, 5) is 26.8. The molecule has 2 heterocycles. The van der Waals surface area contributed by atoms with Crippen molar-refractivity contribution in [3.05, 3.63) is 76.3 Å². The Balaban J connectivity index is 1.36. The highest BCUT2D eigenvalue weighted by Crippen LogP contribution is 2.23. The molecule has 1 aliphatic heterocycles. The number of anilines is 1. The Bertz CT molecular complexity index is 1110. The zero-order valence-electron chi connectivity index (χ0n) is 16.2. The number of para-hydroxylation sites is 2. The Morgan fingerprint density at radius 3 is 2.76 bits per heavy atom. The molecule has 150 valence electrons. The third kappa shape index (κ3) is 3.94. The summed E-state index contributed by atoms with van der Waals surface area (Å²) in [5.41, 5.74) is 1.80. The van der Waals surface area contributed by atoms with E-state index >= 15 is 0 Å². The predicted octanol–water partition coefficient (Wildman–Crippen LogP) is 2.76. The van der Waals surface area contributed by atoms with Crippen LogP contribution in [0.1, 0.15) is 12.0 Å². The summed E-state index contributed by atoms with van der Waals surface area (Å²) < 4.78 is 15.5. The molecule has 7 heteroatoms. The van der Waals surface area contributed by atoms with Crippen LogP contribution in [0.25, 0.3) is 10.9 Å². The van der Waals surface area contributed by atoms with E-state index in [1.54, 1.807) is 29.8 Å². The molecule has 29 heavy (non-hydrogen) atoms. The number of aryl methyl sites for hydroxylation is 1. The van der Waals surface area contributed by atoms with Gasteiger partial charge in [-0.15, -0.1) is 0 Å². The van der Waals surface area contributed by atoms with Crippen molar-refractivity contribution in [3.8, 4) is 0 Å². The van der Waals surface area contributed by atoms with Crippen molar-refractivity contribution in [2.24, 2.45) is 7.05 Å². The Morgan fingerprint density at radius 2 is 1.93 bits per heavy atom. The van der Waals surface area contributed by atoms with Gasteiger partial charge in [-0.2, -0.15) is 0 Å². The van der Waals surface area contributed by atoms with E-state index in [-0.39, 0.29) is 30.0 Å². The lowest BCUT2D eigenvalue weighted by molar-refractivity contribution is 0.237. The van der Waals surface area contributed by atoms with E-state index in [2.05, 4.69) is 10.6 Å². The zero-order chi connectivity index (χ0) is 20.4. The molecule has 2 amide bonds. The van der Waals surface area contributed by atoms with Gasteiger partial charge in [0.25, 0.3) is 5.56 Å². The molecular formula is C22H23FN4O2. The van der Waals surface area contributed by atoms with Crippen LogP contribution < -0.4 is 21.1 Å². The number of pyridine rings is 1. The van der Waals surface area contributed by atoms with Crippen molar-refractivity contribution < 1.29 is 9.18 Å². The summed E-state index contributed by atoms with van der Waals surface area (Å²) in [6.45, 7) is 1.37. The average Bonchev–Trinajstić information content (AvgIpc) is 3.18. The van der Waals surface area contributed by atoms with Crippen molar-refractivity contribution in [1.29, 1.82) is 0 Å². The molecule has 0 bridgehead atoms. The minimum atomic E-state index is -0.333. The average molecular weight is 394 g/mol. The highest BCUT2D eigenvalue weighted by atomic mass is 19.1. The van der Waals surface area contributed by atoms with Crippen molar-refractivity contribution in [2.45, 2.75) is 19.0 Å². The van der Waals surface area contributed by atoms with Crippen molar-refractivity contribution in [3.63, 3.8) is 0 Å². The van der Waals surface area contributed by atoms with Crippen molar-refractivity contribution in [1.82, 2.24) is 15.2 Å². The van der Waals surface area contributed by atoms with E-state index in [0.717, 1.165) is 17.3 Å². The summed E-state index contributed by atoms with van der Waals surface area (Å²) >= 11 is 0. The summed E-state index contributed by atoms with van der Waals surface area (Å²) in [6.07, 6.45) is 0.736. The van der Waals surface area contributed by atoms with Crippen molar-refractivity contribution >= 4 is 22.6 Å². The van der Waals surface area contributed by atoms with Gasteiger partial charge in [-0.3, -0.25) is 4.79 Å². The minimum Gasteiger partial charge on any atom is -0.367 e. The molecule has 6 nitrogen and oxygen atoms in total. The number of carbonyl (C=O) groups excluding carboxylic acids is 1. The van der Waals surface area contributed by atoms with Crippen LogP contribution in [0.3, 0.4) is 0 Å². The van der Waals surface area contributed by atoms with Gasteiger partial charge in [0.05, 0.1) is 11.2 Å². The smallest absolute Gasteiger partial charge is 0.315 e. The van der Waals surface area contributed by atoms with Gasteiger partial charge in [0.2, 0.25) is 0 Å². The number of benzene rings is 2. The van der Waals surface area contributed by atoms with Crippen molar-refractivity contribution in [2.75, 3.05) is 18.0 Å². The van der Waals surface area contributed by atoms with Gasteiger partial charge in [0.15, 0.2) is 0 Å². The van der Waals surface area contributed by atoms with Gasteiger partial charge in [-0.05, 0) is 36.1 Å². The summed E-state index contributed by atoms with van der Waals surface area (Å²) in [5.74, 6) is -0.259.